The molecule has 98 valence electrons. The number of rotatable bonds is 2. The van der Waals surface area contributed by atoms with Gasteiger partial charge < -0.3 is 5.11 Å². The number of phenolic OH excluding ortho intramolecular Hbond substituents is 1. The Balaban J connectivity index is 2.34. The first-order valence-corrected chi connectivity index (χ1v) is 5.25. The second kappa shape index (κ2) is 4.72. The molecule has 0 saturated heterocycles. The van der Waals surface area contributed by atoms with Gasteiger partial charge in [-0.1, -0.05) is 12.1 Å². The Morgan fingerprint density at radius 3 is 2.32 bits per heavy atom. The molecule has 2 aromatic rings. The molecule has 19 heavy (non-hydrogen) atoms. The number of pyridine rings is 1. The van der Waals surface area contributed by atoms with E-state index in [4.69, 9.17) is 0 Å². The van der Waals surface area contributed by atoms with Crippen molar-refractivity contribution in [3.8, 4) is 5.75 Å². The Morgan fingerprint density at radius 2 is 1.79 bits per heavy atom. The van der Waals surface area contributed by atoms with Crippen LogP contribution in [0.3, 0.4) is 0 Å². The van der Waals surface area contributed by atoms with Crippen molar-refractivity contribution in [1.29, 1.82) is 0 Å². The fourth-order valence-corrected chi connectivity index (χ4v) is 1.50. The summed E-state index contributed by atoms with van der Waals surface area (Å²) in [5.74, 6) is -0.874. The molecule has 2 rings (SSSR count). The highest BCUT2D eigenvalue weighted by Gasteiger charge is 2.31. The lowest BCUT2D eigenvalue weighted by Crippen LogP contribution is -2.09. The summed E-state index contributed by atoms with van der Waals surface area (Å²) in [6.07, 6.45) is -3.91. The Morgan fingerprint density at radius 1 is 1.11 bits per heavy atom. The molecule has 1 aromatic carbocycles. The van der Waals surface area contributed by atoms with Gasteiger partial charge in [-0.25, -0.2) is 0 Å². The summed E-state index contributed by atoms with van der Waals surface area (Å²) in [7, 11) is 0. The lowest BCUT2D eigenvalue weighted by Gasteiger charge is -2.07. The molecule has 0 aliphatic carbocycles. The van der Waals surface area contributed by atoms with Crippen molar-refractivity contribution < 1.29 is 23.1 Å². The fourth-order valence-electron chi connectivity index (χ4n) is 1.50. The third-order valence-electron chi connectivity index (χ3n) is 2.47. The zero-order valence-corrected chi connectivity index (χ0v) is 9.48. The molecule has 0 saturated carbocycles. The summed E-state index contributed by atoms with van der Waals surface area (Å²) >= 11 is 0. The Bertz CT molecular complexity index is 606. The van der Waals surface area contributed by atoms with E-state index in [2.05, 4.69) is 4.98 Å². The van der Waals surface area contributed by atoms with E-state index in [9.17, 15) is 23.1 Å². The van der Waals surface area contributed by atoms with E-state index in [0.29, 0.717) is 6.20 Å². The summed E-state index contributed by atoms with van der Waals surface area (Å²) < 4.78 is 37.0. The minimum absolute atomic E-state index is 0.00485. The van der Waals surface area contributed by atoms with Crippen LogP contribution in [0.15, 0.2) is 42.6 Å². The normalized spacial score (nSPS) is 11.3. The maximum absolute atomic E-state index is 12.3. The van der Waals surface area contributed by atoms with Crippen LogP contribution in [0, 0.1) is 0 Å². The SMILES string of the molecule is O=C(c1ccc(C(F)(F)F)cn1)c1ccccc1O. The predicted octanol–water partition coefficient (Wildman–Crippen LogP) is 3.04. The monoisotopic (exact) mass is 267 g/mol. The molecule has 0 aliphatic heterocycles. The van der Waals surface area contributed by atoms with Crippen molar-refractivity contribution in [3.63, 3.8) is 0 Å². The molecular formula is C13H8F3NO2. The lowest BCUT2D eigenvalue weighted by atomic mass is 10.1. The van der Waals surface area contributed by atoms with Crippen LogP contribution in [0.5, 0.6) is 5.75 Å². The lowest BCUT2D eigenvalue weighted by molar-refractivity contribution is -0.137. The van der Waals surface area contributed by atoms with Gasteiger partial charge in [0.25, 0.3) is 0 Å². The summed E-state index contributed by atoms with van der Waals surface area (Å²) in [5, 5.41) is 9.50. The number of benzene rings is 1. The van der Waals surface area contributed by atoms with Crippen LogP contribution in [0.4, 0.5) is 13.2 Å². The van der Waals surface area contributed by atoms with Gasteiger partial charge in [-0.05, 0) is 24.3 Å². The third kappa shape index (κ3) is 2.73. The minimum Gasteiger partial charge on any atom is -0.507 e. The Labute approximate surface area is 106 Å². The van der Waals surface area contributed by atoms with E-state index in [1.54, 1.807) is 0 Å². The van der Waals surface area contributed by atoms with E-state index in [-0.39, 0.29) is 17.0 Å². The zero-order chi connectivity index (χ0) is 14.0. The molecule has 0 spiro atoms. The van der Waals surface area contributed by atoms with Gasteiger partial charge in [0.2, 0.25) is 5.78 Å². The summed E-state index contributed by atoms with van der Waals surface area (Å²) in [6, 6.07) is 7.52. The van der Waals surface area contributed by atoms with Gasteiger partial charge in [-0.2, -0.15) is 13.2 Å². The van der Waals surface area contributed by atoms with Gasteiger partial charge in [0.05, 0.1) is 11.1 Å². The van der Waals surface area contributed by atoms with E-state index in [1.165, 1.54) is 24.3 Å². The van der Waals surface area contributed by atoms with E-state index < -0.39 is 17.5 Å². The van der Waals surface area contributed by atoms with Crippen LogP contribution in [0.1, 0.15) is 21.6 Å². The van der Waals surface area contributed by atoms with Gasteiger partial charge in [-0.3, -0.25) is 9.78 Å². The maximum Gasteiger partial charge on any atom is 0.417 e. The van der Waals surface area contributed by atoms with Crippen LogP contribution in [0.2, 0.25) is 0 Å². The molecule has 1 N–H and O–H groups in total. The standard InChI is InChI=1S/C13H8F3NO2/c14-13(15,16)8-5-6-10(17-7-8)12(19)9-3-1-2-4-11(9)18/h1-7,18H. The number of ketones is 1. The molecule has 0 aliphatic rings. The quantitative estimate of drug-likeness (QED) is 0.851. The largest absolute Gasteiger partial charge is 0.507 e. The molecule has 1 heterocycles. The van der Waals surface area contributed by atoms with Gasteiger partial charge in [0, 0.05) is 6.20 Å². The van der Waals surface area contributed by atoms with Crippen molar-refractivity contribution >= 4 is 5.78 Å². The summed E-state index contributed by atoms with van der Waals surface area (Å²) in [4.78, 5) is 15.4. The molecule has 6 heteroatoms. The van der Waals surface area contributed by atoms with Gasteiger partial charge >= 0.3 is 6.18 Å². The number of hydrogen-bond donors (Lipinski definition) is 1. The van der Waals surface area contributed by atoms with Gasteiger partial charge in [-0.15, -0.1) is 0 Å². The van der Waals surface area contributed by atoms with Gasteiger partial charge in [0.15, 0.2) is 0 Å². The average Bonchev–Trinajstić information content (AvgIpc) is 2.38. The average molecular weight is 267 g/mol. The molecule has 0 amide bonds. The minimum atomic E-state index is -4.50. The summed E-state index contributed by atoms with van der Waals surface area (Å²) in [6.45, 7) is 0. The number of nitrogens with zero attached hydrogens (tertiary/aromatic N) is 1. The molecule has 0 bridgehead atoms. The zero-order valence-electron chi connectivity index (χ0n) is 9.48. The second-order valence-corrected chi connectivity index (χ2v) is 3.78. The van der Waals surface area contributed by atoms with Crippen molar-refractivity contribution in [1.82, 2.24) is 4.98 Å². The highest BCUT2D eigenvalue weighted by atomic mass is 19.4. The van der Waals surface area contributed by atoms with Crippen LogP contribution >= 0.6 is 0 Å². The molecule has 0 atom stereocenters. The van der Waals surface area contributed by atoms with E-state index in [1.807, 2.05) is 0 Å². The number of carbonyl (C=O) groups is 1. The highest BCUT2D eigenvalue weighted by Crippen LogP contribution is 2.28. The molecule has 0 fully saturated rings. The van der Waals surface area contributed by atoms with Crippen molar-refractivity contribution in [2.24, 2.45) is 0 Å². The first-order valence-electron chi connectivity index (χ1n) is 5.25. The molecule has 0 unspecified atom stereocenters. The van der Waals surface area contributed by atoms with Crippen molar-refractivity contribution in [3.05, 3.63) is 59.4 Å². The number of para-hydroxylation sites is 1. The number of hydrogen-bond acceptors (Lipinski definition) is 3. The van der Waals surface area contributed by atoms with Crippen LogP contribution in [-0.2, 0) is 6.18 Å². The molecular weight excluding hydrogens is 259 g/mol. The maximum atomic E-state index is 12.3. The number of halogens is 3. The summed E-state index contributed by atoms with van der Waals surface area (Å²) in [5.41, 5.74) is -1.09. The fraction of sp³-hybridized carbons (Fsp3) is 0.0769. The molecule has 3 nitrogen and oxygen atoms in total. The van der Waals surface area contributed by atoms with E-state index in [0.717, 1.165) is 12.1 Å². The third-order valence-corrected chi connectivity index (χ3v) is 2.47. The van der Waals surface area contributed by atoms with Crippen molar-refractivity contribution in [2.75, 3.05) is 0 Å². The number of aromatic nitrogens is 1. The van der Waals surface area contributed by atoms with Crippen molar-refractivity contribution in [2.45, 2.75) is 6.18 Å². The second-order valence-electron chi connectivity index (χ2n) is 3.78. The molecule has 1 aromatic heterocycles. The number of phenols is 1. The number of alkyl halides is 3. The predicted molar refractivity (Wildman–Crippen MR) is 60.8 cm³/mol. The van der Waals surface area contributed by atoms with Crippen LogP contribution in [0.25, 0.3) is 0 Å². The van der Waals surface area contributed by atoms with Crippen LogP contribution < -0.4 is 0 Å². The van der Waals surface area contributed by atoms with Gasteiger partial charge in [0.1, 0.15) is 11.4 Å². The first kappa shape index (κ1) is 13.1. The number of aromatic hydroxyl groups is 1. The smallest absolute Gasteiger partial charge is 0.417 e. The Kier molecular flexibility index (Phi) is 3.25. The first-order chi connectivity index (χ1) is 8.89. The number of carbonyl (C=O) groups excluding carboxylic acids is 1. The Hall–Kier alpha value is -2.37. The molecule has 0 radical (unpaired) electrons. The van der Waals surface area contributed by atoms with Crippen LogP contribution in [-0.4, -0.2) is 15.9 Å². The highest BCUT2D eigenvalue weighted by molar-refractivity contribution is 6.09. The van der Waals surface area contributed by atoms with E-state index >= 15 is 0 Å². The topological polar surface area (TPSA) is 50.2 Å².